The van der Waals surface area contributed by atoms with E-state index >= 15 is 0 Å². The highest BCUT2D eigenvalue weighted by atomic mass is 16.6. The molecular formula is C18H27NO5. The van der Waals surface area contributed by atoms with Crippen molar-refractivity contribution >= 4 is 11.9 Å². The van der Waals surface area contributed by atoms with Crippen LogP contribution in [0.25, 0.3) is 0 Å². The van der Waals surface area contributed by atoms with E-state index in [1.54, 1.807) is 6.92 Å². The minimum atomic E-state index is -1.57. The van der Waals surface area contributed by atoms with Crippen molar-refractivity contribution in [3.05, 3.63) is 11.6 Å². The van der Waals surface area contributed by atoms with E-state index < -0.39 is 11.6 Å². The number of allylic oxidation sites excluding steroid dienone is 1. The zero-order valence-corrected chi connectivity index (χ0v) is 14.7. The molecule has 0 aliphatic carbocycles. The summed E-state index contributed by atoms with van der Waals surface area (Å²) in [5, 5.41) is 10.6. The van der Waals surface area contributed by atoms with E-state index in [1.165, 1.54) is 13.0 Å². The fraction of sp³-hybridized carbons (Fsp3) is 0.778. The highest BCUT2D eigenvalue weighted by molar-refractivity contribution is 5.83. The summed E-state index contributed by atoms with van der Waals surface area (Å²) in [5.41, 5.74) is -0.780. The van der Waals surface area contributed by atoms with E-state index in [0.29, 0.717) is 6.42 Å². The maximum atomic E-state index is 12.4. The van der Waals surface area contributed by atoms with Gasteiger partial charge in [0.15, 0.2) is 5.60 Å². The molecule has 3 heterocycles. The van der Waals surface area contributed by atoms with Gasteiger partial charge in [-0.2, -0.15) is 0 Å². The topological polar surface area (TPSA) is 76.1 Å². The molecule has 3 rings (SSSR count). The summed E-state index contributed by atoms with van der Waals surface area (Å²) in [6.07, 6.45) is 3.51. The van der Waals surface area contributed by atoms with Crippen LogP contribution in [0, 0.1) is 11.8 Å². The fourth-order valence-electron chi connectivity index (χ4n) is 4.18. The number of ether oxygens (including phenoxy) is 2. The molecule has 2 saturated heterocycles. The standard InChI is InChI=1S/C18H27NO5/c1-11-8-12(2)18(3,22)17(21)23-10-13-4-6-19-7-5-14(16(13)19)24-15(20)9-11/h9,12-14,16,22H,4-8,10H2,1-3H3/b11-9-/t12-,13-,14-,16-,18-/m1/s1. The Labute approximate surface area is 142 Å². The molecule has 0 aromatic carbocycles. The summed E-state index contributed by atoms with van der Waals surface area (Å²) in [5.74, 6) is -1.12. The Morgan fingerprint density at radius 1 is 1.29 bits per heavy atom. The summed E-state index contributed by atoms with van der Waals surface area (Å²) >= 11 is 0. The quantitative estimate of drug-likeness (QED) is 0.671. The van der Waals surface area contributed by atoms with Gasteiger partial charge in [0.25, 0.3) is 0 Å². The number of nitrogens with zero attached hydrogens (tertiary/aromatic N) is 1. The summed E-state index contributed by atoms with van der Waals surface area (Å²) < 4.78 is 11.2. The molecule has 0 amide bonds. The molecule has 2 fully saturated rings. The van der Waals surface area contributed by atoms with Gasteiger partial charge in [0.1, 0.15) is 6.10 Å². The van der Waals surface area contributed by atoms with Crippen molar-refractivity contribution in [1.82, 2.24) is 4.90 Å². The Bertz CT molecular complexity index is 556. The number of carbonyl (C=O) groups excluding carboxylic acids is 2. The summed E-state index contributed by atoms with van der Waals surface area (Å²) in [6, 6.07) is 0.110. The molecule has 1 N–H and O–H groups in total. The SMILES string of the molecule is C/C1=C/C(=O)O[C@@H]2CCN3CC[C@H](COC(=O)[C@](C)(O)[C@H](C)C1)[C@H]23. The van der Waals surface area contributed by atoms with E-state index in [4.69, 9.17) is 9.47 Å². The predicted octanol–water partition coefficient (Wildman–Crippen LogP) is 1.27. The largest absolute Gasteiger partial charge is 0.463 e. The number of esters is 2. The number of carbonyl (C=O) groups is 2. The van der Waals surface area contributed by atoms with E-state index in [2.05, 4.69) is 4.90 Å². The van der Waals surface area contributed by atoms with Gasteiger partial charge in [0.2, 0.25) is 0 Å². The molecule has 3 aliphatic heterocycles. The number of aliphatic hydroxyl groups is 1. The zero-order valence-electron chi connectivity index (χ0n) is 14.7. The minimum absolute atomic E-state index is 0.110. The highest BCUT2D eigenvalue weighted by Crippen LogP contribution is 2.36. The molecule has 0 radical (unpaired) electrons. The number of rotatable bonds is 0. The lowest BCUT2D eigenvalue weighted by molar-refractivity contribution is -0.171. The van der Waals surface area contributed by atoms with Gasteiger partial charge in [-0.3, -0.25) is 4.90 Å². The van der Waals surface area contributed by atoms with Crippen molar-refractivity contribution < 1.29 is 24.2 Å². The van der Waals surface area contributed by atoms with E-state index in [9.17, 15) is 14.7 Å². The molecule has 24 heavy (non-hydrogen) atoms. The van der Waals surface area contributed by atoms with Gasteiger partial charge in [-0.05, 0) is 45.6 Å². The average molecular weight is 337 g/mol. The fourth-order valence-corrected chi connectivity index (χ4v) is 4.18. The van der Waals surface area contributed by atoms with Crippen LogP contribution >= 0.6 is 0 Å². The molecule has 0 unspecified atom stereocenters. The molecule has 0 aromatic rings. The van der Waals surface area contributed by atoms with Crippen LogP contribution in [0.3, 0.4) is 0 Å². The molecule has 5 atom stereocenters. The Hall–Kier alpha value is -1.40. The first-order valence-electron chi connectivity index (χ1n) is 8.80. The Kier molecular flexibility index (Phi) is 4.71. The first kappa shape index (κ1) is 17.4. The van der Waals surface area contributed by atoms with Crippen LogP contribution in [-0.4, -0.2) is 59.4 Å². The second-order valence-corrected chi connectivity index (χ2v) is 7.68. The maximum absolute atomic E-state index is 12.4. The minimum Gasteiger partial charge on any atom is -0.463 e. The van der Waals surface area contributed by atoms with Crippen molar-refractivity contribution in [3.63, 3.8) is 0 Å². The van der Waals surface area contributed by atoms with Crippen LogP contribution in [-0.2, 0) is 19.1 Å². The third-order valence-corrected chi connectivity index (χ3v) is 5.83. The molecule has 134 valence electrons. The molecule has 6 nitrogen and oxygen atoms in total. The van der Waals surface area contributed by atoms with Crippen LogP contribution in [0.2, 0.25) is 0 Å². The van der Waals surface area contributed by atoms with Crippen molar-refractivity contribution in [2.24, 2.45) is 11.8 Å². The van der Waals surface area contributed by atoms with Crippen LogP contribution < -0.4 is 0 Å². The van der Waals surface area contributed by atoms with E-state index in [-0.39, 0.29) is 36.6 Å². The van der Waals surface area contributed by atoms with Crippen molar-refractivity contribution in [2.45, 2.75) is 57.8 Å². The summed E-state index contributed by atoms with van der Waals surface area (Å²) in [7, 11) is 0. The van der Waals surface area contributed by atoms with Crippen LogP contribution in [0.4, 0.5) is 0 Å². The lowest BCUT2D eigenvalue weighted by Crippen LogP contribution is -2.44. The second-order valence-electron chi connectivity index (χ2n) is 7.68. The monoisotopic (exact) mass is 337 g/mol. The molecule has 6 heteroatoms. The van der Waals surface area contributed by atoms with Crippen LogP contribution in [0.5, 0.6) is 0 Å². The van der Waals surface area contributed by atoms with Gasteiger partial charge in [-0.25, -0.2) is 9.59 Å². The van der Waals surface area contributed by atoms with Crippen molar-refractivity contribution in [3.8, 4) is 0 Å². The van der Waals surface area contributed by atoms with E-state index in [1.807, 2.05) is 6.92 Å². The van der Waals surface area contributed by atoms with E-state index in [0.717, 1.165) is 31.5 Å². The normalized spacial score (nSPS) is 43.6. The molecular weight excluding hydrogens is 310 g/mol. The highest BCUT2D eigenvalue weighted by Gasteiger charge is 2.47. The Morgan fingerprint density at radius 3 is 2.75 bits per heavy atom. The van der Waals surface area contributed by atoms with Gasteiger partial charge >= 0.3 is 11.9 Å². The third kappa shape index (κ3) is 3.22. The maximum Gasteiger partial charge on any atom is 0.338 e. The van der Waals surface area contributed by atoms with Gasteiger partial charge in [0.05, 0.1) is 12.6 Å². The van der Waals surface area contributed by atoms with Gasteiger partial charge in [-0.15, -0.1) is 0 Å². The average Bonchev–Trinajstić information content (AvgIpc) is 3.06. The predicted molar refractivity (Wildman–Crippen MR) is 87.1 cm³/mol. The van der Waals surface area contributed by atoms with Gasteiger partial charge in [0, 0.05) is 18.5 Å². The second kappa shape index (κ2) is 6.48. The molecule has 0 bridgehead atoms. The van der Waals surface area contributed by atoms with Crippen molar-refractivity contribution in [2.75, 3.05) is 19.7 Å². The third-order valence-electron chi connectivity index (χ3n) is 5.83. The Balaban J connectivity index is 1.86. The molecule has 3 aliphatic rings. The lowest BCUT2D eigenvalue weighted by Gasteiger charge is -2.29. The number of cyclic esters (lactones) is 1. The molecule has 0 aromatic heterocycles. The first-order valence-corrected chi connectivity index (χ1v) is 8.80. The summed E-state index contributed by atoms with van der Waals surface area (Å²) in [6.45, 7) is 7.20. The first-order chi connectivity index (χ1) is 11.3. The smallest absolute Gasteiger partial charge is 0.338 e. The number of hydrogen-bond donors (Lipinski definition) is 1. The molecule has 0 saturated carbocycles. The van der Waals surface area contributed by atoms with Crippen LogP contribution in [0.1, 0.15) is 40.0 Å². The summed E-state index contributed by atoms with van der Waals surface area (Å²) in [4.78, 5) is 26.9. The van der Waals surface area contributed by atoms with Gasteiger partial charge < -0.3 is 14.6 Å². The Morgan fingerprint density at radius 2 is 2.00 bits per heavy atom. The van der Waals surface area contributed by atoms with Crippen molar-refractivity contribution in [1.29, 1.82) is 0 Å². The van der Waals surface area contributed by atoms with Gasteiger partial charge in [-0.1, -0.05) is 12.5 Å². The molecule has 0 spiro atoms. The zero-order chi connectivity index (χ0) is 17.5. The van der Waals surface area contributed by atoms with Crippen LogP contribution in [0.15, 0.2) is 11.6 Å². The number of hydrogen-bond acceptors (Lipinski definition) is 6. The lowest BCUT2D eigenvalue weighted by atomic mass is 9.85.